The monoisotopic (exact) mass is 321 g/mol. The summed E-state index contributed by atoms with van der Waals surface area (Å²) in [4.78, 5) is 16.3. The molecule has 3 N–H and O–H groups in total. The molecule has 1 amide bonds. The molecular weight excluding hydrogens is 294 g/mol. The van der Waals surface area contributed by atoms with Crippen LogP contribution in [0.3, 0.4) is 0 Å². The minimum Gasteiger partial charge on any atom is -0.474 e. The normalized spacial score (nSPS) is 18.2. The number of nitrogens with one attached hydrogen (secondary N) is 1. The van der Waals surface area contributed by atoms with Crippen LogP contribution in [0.1, 0.15) is 38.7 Å². The topological polar surface area (TPSA) is 86.5 Å². The van der Waals surface area contributed by atoms with Gasteiger partial charge in [-0.05, 0) is 17.5 Å². The molecular formula is C17H27N3O3. The summed E-state index contributed by atoms with van der Waals surface area (Å²) in [5.41, 5.74) is 6.88. The fraction of sp³-hybridized carbons (Fsp3) is 0.647. The summed E-state index contributed by atoms with van der Waals surface area (Å²) >= 11 is 0. The first-order chi connectivity index (χ1) is 11.1. The second kappa shape index (κ2) is 8.84. The average Bonchev–Trinajstić information content (AvgIpc) is 2.59. The van der Waals surface area contributed by atoms with Crippen molar-refractivity contribution in [3.63, 3.8) is 0 Å². The van der Waals surface area contributed by atoms with E-state index in [1.807, 2.05) is 26.0 Å². The summed E-state index contributed by atoms with van der Waals surface area (Å²) in [6, 6.07) is 3.26. The molecule has 0 saturated carbocycles. The zero-order valence-electron chi connectivity index (χ0n) is 14.0. The zero-order valence-corrected chi connectivity index (χ0v) is 14.0. The van der Waals surface area contributed by atoms with E-state index in [0.29, 0.717) is 12.4 Å². The Labute approximate surface area is 137 Å². The summed E-state index contributed by atoms with van der Waals surface area (Å²) in [5.74, 6) is 0.637. The summed E-state index contributed by atoms with van der Waals surface area (Å²) in [6.45, 7) is 5.90. The predicted octanol–water partition coefficient (Wildman–Crippen LogP) is 1.63. The first kappa shape index (κ1) is 17.7. The number of hydrogen-bond donors (Lipinski definition) is 2. The average molecular weight is 321 g/mol. The van der Waals surface area contributed by atoms with Crippen molar-refractivity contribution in [2.45, 2.75) is 51.8 Å². The van der Waals surface area contributed by atoms with Gasteiger partial charge in [0.05, 0.1) is 19.3 Å². The van der Waals surface area contributed by atoms with E-state index in [2.05, 4.69) is 10.3 Å². The van der Waals surface area contributed by atoms with Gasteiger partial charge in [-0.25, -0.2) is 4.98 Å². The number of carbonyl (C=O) groups is 1. The summed E-state index contributed by atoms with van der Waals surface area (Å²) < 4.78 is 11.2. The van der Waals surface area contributed by atoms with Gasteiger partial charge in [0.2, 0.25) is 11.8 Å². The van der Waals surface area contributed by atoms with Crippen LogP contribution in [0.5, 0.6) is 5.88 Å². The third-order valence-electron chi connectivity index (χ3n) is 4.28. The van der Waals surface area contributed by atoms with Gasteiger partial charge in [0, 0.05) is 31.6 Å². The quantitative estimate of drug-likeness (QED) is 0.797. The molecule has 0 radical (unpaired) electrons. The summed E-state index contributed by atoms with van der Waals surface area (Å²) in [7, 11) is 0. The molecule has 23 heavy (non-hydrogen) atoms. The van der Waals surface area contributed by atoms with Crippen molar-refractivity contribution >= 4 is 5.91 Å². The highest BCUT2D eigenvalue weighted by Gasteiger charge is 2.19. The molecule has 6 nitrogen and oxygen atoms in total. The van der Waals surface area contributed by atoms with Crippen LogP contribution in [-0.2, 0) is 16.1 Å². The van der Waals surface area contributed by atoms with Crippen molar-refractivity contribution in [2.24, 2.45) is 11.7 Å². The Bertz CT molecular complexity index is 504. The molecule has 6 heteroatoms. The number of ether oxygens (including phenoxy) is 2. The van der Waals surface area contributed by atoms with Crippen LogP contribution in [-0.4, -0.2) is 36.3 Å². The predicted molar refractivity (Wildman–Crippen MR) is 88.0 cm³/mol. The van der Waals surface area contributed by atoms with Crippen LogP contribution in [0, 0.1) is 5.92 Å². The van der Waals surface area contributed by atoms with Gasteiger partial charge >= 0.3 is 0 Å². The van der Waals surface area contributed by atoms with Crippen molar-refractivity contribution in [3.05, 3.63) is 23.9 Å². The van der Waals surface area contributed by atoms with E-state index in [1.54, 1.807) is 6.20 Å². The Morgan fingerprint density at radius 2 is 2.26 bits per heavy atom. The number of hydrogen-bond acceptors (Lipinski definition) is 5. The van der Waals surface area contributed by atoms with Crippen LogP contribution in [0.15, 0.2) is 18.3 Å². The molecule has 0 spiro atoms. The van der Waals surface area contributed by atoms with Gasteiger partial charge in [-0.3, -0.25) is 4.79 Å². The maximum atomic E-state index is 12.0. The molecule has 1 aliphatic heterocycles. The Hall–Kier alpha value is -1.66. The van der Waals surface area contributed by atoms with E-state index >= 15 is 0 Å². The first-order valence-electron chi connectivity index (χ1n) is 8.32. The van der Waals surface area contributed by atoms with Crippen molar-refractivity contribution in [1.82, 2.24) is 10.3 Å². The van der Waals surface area contributed by atoms with Crippen molar-refractivity contribution in [1.29, 1.82) is 0 Å². The van der Waals surface area contributed by atoms with Gasteiger partial charge in [0.1, 0.15) is 6.10 Å². The van der Waals surface area contributed by atoms with E-state index < -0.39 is 6.04 Å². The number of amides is 1. The molecule has 0 bridgehead atoms. The fourth-order valence-electron chi connectivity index (χ4n) is 2.41. The Morgan fingerprint density at radius 1 is 1.52 bits per heavy atom. The van der Waals surface area contributed by atoms with Crippen LogP contribution >= 0.6 is 0 Å². The van der Waals surface area contributed by atoms with Crippen LogP contribution in [0.4, 0.5) is 0 Å². The van der Waals surface area contributed by atoms with Gasteiger partial charge in [-0.15, -0.1) is 0 Å². The van der Waals surface area contributed by atoms with Crippen molar-refractivity contribution in [2.75, 3.05) is 13.2 Å². The SMILES string of the molecule is CCC(C)C(N)C(=O)NCc1ccnc(OC2CCOCC2)c1. The number of nitrogens with two attached hydrogens (primary N) is 1. The van der Waals surface area contributed by atoms with E-state index in [4.69, 9.17) is 15.2 Å². The third kappa shape index (κ3) is 5.48. The van der Waals surface area contributed by atoms with Gasteiger partial charge in [-0.1, -0.05) is 20.3 Å². The third-order valence-corrected chi connectivity index (χ3v) is 4.28. The molecule has 2 atom stereocenters. The summed E-state index contributed by atoms with van der Waals surface area (Å²) in [5, 5.41) is 2.88. The van der Waals surface area contributed by atoms with Crippen molar-refractivity contribution < 1.29 is 14.3 Å². The number of aromatic nitrogens is 1. The second-order valence-electron chi connectivity index (χ2n) is 6.06. The van der Waals surface area contributed by atoms with Gasteiger partial charge in [0.15, 0.2) is 0 Å². The van der Waals surface area contributed by atoms with E-state index in [9.17, 15) is 4.79 Å². The highest BCUT2D eigenvalue weighted by atomic mass is 16.5. The number of carbonyl (C=O) groups excluding carboxylic acids is 1. The largest absolute Gasteiger partial charge is 0.474 e. The maximum absolute atomic E-state index is 12.0. The van der Waals surface area contributed by atoms with E-state index in [-0.39, 0.29) is 17.9 Å². The zero-order chi connectivity index (χ0) is 16.7. The lowest BCUT2D eigenvalue weighted by Crippen LogP contribution is -2.44. The maximum Gasteiger partial charge on any atom is 0.237 e. The lowest BCUT2D eigenvalue weighted by Gasteiger charge is -2.23. The number of rotatable bonds is 7. The highest BCUT2D eigenvalue weighted by Crippen LogP contribution is 2.16. The lowest BCUT2D eigenvalue weighted by molar-refractivity contribution is -0.123. The van der Waals surface area contributed by atoms with E-state index in [0.717, 1.165) is 38.0 Å². The molecule has 2 heterocycles. The molecule has 1 saturated heterocycles. The molecule has 1 fully saturated rings. The summed E-state index contributed by atoms with van der Waals surface area (Å²) in [6.07, 6.45) is 4.50. The Kier molecular flexibility index (Phi) is 6.80. The molecule has 0 aromatic carbocycles. The van der Waals surface area contributed by atoms with Gasteiger partial charge < -0.3 is 20.5 Å². The standard InChI is InChI=1S/C17H27N3O3/c1-3-12(2)16(18)17(21)20-11-13-4-7-19-15(10-13)23-14-5-8-22-9-6-14/h4,7,10,12,14,16H,3,5-6,8-9,11,18H2,1-2H3,(H,20,21). The molecule has 2 rings (SSSR count). The molecule has 128 valence electrons. The molecule has 2 unspecified atom stereocenters. The van der Waals surface area contributed by atoms with Gasteiger partial charge in [0.25, 0.3) is 0 Å². The Balaban J connectivity index is 1.85. The Morgan fingerprint density at radius 3 is 2.96 bits per heavy atom. The number of pyridine rings is 1. The molecule has 1 aromatic rings. The minimum absolute atomic E-state index is 0.122. The van der Waals surface area contributed by atoms with Gasteiger partial charge in [-0.2, -0.15) is 0 Å². The minimum atomic E-state index is -0.472. The molecule has 1 aliphatic rings. The van der Waals surface area contributed by atoms with Crippen molar-refractivity contribution in [3.8, 4) is 5.88 Å². The highest BCUT2D eigenvalue weighted by molar-refractivity contribution is 5.81. The van der Waals surface area contributed by atoms with Crippen LogP contribution in [0.25, 0.3) is 0 Å². The molecule has 0 aliphatic carbocycles. The second-order valence-corrected chi connectivity index (χ2v) is 6.06. The first-order valence-corrected chi connectivity index (χ1v) is 8.32. The molecule has 1 aromatic heterocycles. The lowest BCUT2D eigenvalue weighted by atomic mass is 9.99. The number of nitrogens with zero attached hydrogens (tertiary/aromatic N) is 1. The smallest absolute Gasteiger partial charge is 0.237 e. The van der Waals surface area contributed by atoms with Crippen LogP contribution in [0.2, 0.25) is 0 Å². The fourth-order valence-corrected chi connectivity index (χ4v) is 2.41. The van der Waals surface area contributed by atoms with E-state index in [1.165, 1.54) is 0 Å². The van der Waals surface area contributed by atoms with Crippen LogP contribution < -0.4 is 15.8 Å².